The topological polar surface area (TPSA) is 21.3 Å². The summed E-state index contributed by atoms with van der Waals surface area (Å²) < 4.78 is 5.82. The Bertz CT molecular complexity index is 580. The van der Waals surface area contributed by atoms with Crippen LogP contribution in [0.3, 0.4) is 0 Å². The highest BCUT2D eigenvalue weighted by Crippen LogP contribution is 2.37. The van der Waals surface area contributed by atoms with E-state index < -0.39 is 0 Å². The second kappa shape index (κ2) is 6.12. The van der Waals surface area contributed by atoms with Crippen LogP contribution >= 0.6 is 11.8 Å². The maximum atomic E-state index is 5.82. The van der Waals surface area contributed by atoms with Crippen LogP contribution in [-0.4, -0.2) is 11.3 Å². The zero-order valence-electron chi connectivity index (χ0n) is 12.5. The van der Waals surface area contributed by atoms with Gasteiger partial charge in [0.25, 0.3) is 0 Å². The molecule has 0 amide bonds. The molecule has 0 saturated carbocycles. The van der Waals surface area contributed by atoms with Gasteiger partial charge in [-0.1, -0.05) is 42.5 Å². The highest BCUT2D eigenvalue weighted by atomic mass is 32.2. The summed E-state index contributed by atoms with van der Waals surface area (Å²) in [6.45, 7) is 5.11. The van der Waals surface area contributed by atoms with Gasteiger partial charge >= 0.3 is 0 Å². The third kappa shape index (κ3) is 3.80. The molecule has 2 nitrogen and oxygen atoms in total. The first kappa shape index (κ1) is 14.5. The van der Waals surface area contributed by atoms with E-state index in [2.05, 4.69) is 55.6 Å². The Hall–Kier alpha value is -1.45. The summed E-state index contributed by atoms with van der Waals surface area (Å²) in [7, 11) is 0. The SMILES string of the molecule is CC1(C)CSC(c2ccc(OCc3ccccc3)cc2)N1. The van der Waals surface area contributed by atoms with Crippen LogP contribution in [0.25, 0.3) is 0 Å². The Kier molecular flexibility index (Phi) is 4.22. The molecule has 1 fully saturated rings. The molecule has 2 aromatic rings. The quantitative estimate of drug-likeness (QED) is 0.905. The predicted octanol–water partition coefficient (Wildman–Crippen LogP) is 4.38. The molecular weight excluding hydrogens is 278 g/mol. The van der Waals surface area contributed by atoms with E-state index in [1.807, 2.05) is 30.0 Å². The van der Waals surface area contributed by atoms with E-state index in [4.69, 9.17) is 4.74 Å². The molecule has 1 heterocycles. The Morgan fingerprint density at radius 1 is 1.10 bits per heavy atom. The summed E-state index contributed by atoms with van der Waals surface area (Å²) in [6, 6.07) is 18.7. The lowest BCUT2D eigenvalue weighted by molar-refractivity contribution is 0.306. The predicted molar refractivity (Wildman–Crippen MR) is 89.6 cm³/mol. The molecular formula is C18H21NOS. The van der Waals surface area contributed by atoms with Crippen LogP contribution in [0.1, 0.15) is 30.3 Å². The number of thioether (sulfide) groups is 1. The first-order valence-corrected chi connectivity index (χ1v) is 8.33. The lowest BCUT2D eigenvalue weighted by atomic mass is 10.1. The number of hydrogen-bond acceptors (Lipinski definition) is 3. The minimum absolute atomic E-state index is 0.220. The van der Waals surface area contributed by atoms with Gasteiger partial charge in [-0.05, 0) is 37.1 Å². The van der Waals surface area contributed by atoms with Crippen molar-refractivity contribution in [1.29, 1.82) is 0 Å². The van der Waals surface area contributed by atoms with Crippen molar-refractivity contribution < 1.29 is 4.74 Å². The molecule has 21 heavy (non-hydrogen) atoms. The standard InChI is InChI=1S/C18H21NOS/c1-18(2)13-21-17(19-18)15-8-10-16(11-9-15)20-12-14-6-4-3-5-7-14/h3-11,17,19H,12-13H2,1-2H3. The molecule has 1 unspecified atom stereocenters. The van der Waals surface area contributed by atoms with Gasteiger partial charge in [-0.2, -0.15) is 0 Å². The van der Waals surface area contributed by atoms with E-state index in [9.17, 15) is 0 Å². The minimum atomic E-state index is 0.220. The average molecular weight is 299 g/mol. The summed E-state index contributed by atoms with van der Waals surface area (Å²) in [6.07, 6.45) is 0. The molecule has 3 heteroatoms. The summed E-state index contributed by atoms with van der Waals surface area (Å²) in [5, 5.41) is 4.04. The Balaban J connectivity index is 1.60. The number of benzene rings is 2. The highest BCUT2D eigenvalue weighted by Gasteiger charge is 2.31. The molecule has 1 atom stereocenters. The van der Waals surface area contributed by atoms with Crippen molar-refractivity contribution in [3.63, 3.8) is 0 Å². The molecule has 1 aliphatic heterocycles. The van der Waals surface area contributed by atoms with Gasteiger partial charge in [0.2, 0.25) is 0 Å². The first-order valence-electron chi connectivity index (χ1n) is 7.28. The van der Waals surface area contributed by atoms with Crippen molar-refractivity contribution >= 4 is 11.8 Å². The van der Waals surface area contributed by atoms with Crippen LogP contribution in [0.4, 0.5) is 0 Å². The maximum absolute atomic E-state index is 5.82. The molecule has 0 aliphatic carbocycles. The van der Waals surface area contributed by atoms with Crippen LogP contribution in [0.5, 0.6) is 5.75 Å². The van der Waals surface area contributed by atoms with Crippen LogP contribution < -0.4 is 10.1 Å². The van der Waals surface area contributed by atoms with E-state index >= 15 is 0 Å². The molecule has 1 saturated heterocycles. The number of ether oxygens (including phenoxy) is 1. The third-order valence-corrected chi connectivity index (χ3v) is 5.18. The second-order valence-electron chi connectivity index (χ2n) is 6.06. The lowest BCUT2D eigenvalue weighted by Crippen LogP contribution is -2.35. The molecule has 1 N–H and O–H groups in total. The summed E-state index contributed by atoms with van der Waals surface area (Å²) in [5.74, 6) is 2.06. The van der Waals surface area contributed by atoms with Crippen LogP contribution in [0.2, 0.25) is 0 Å². The van der Waals surface area contributed by atoms with Gasteiger partial charge in [-0.15, -0.1) is 11.8 Å². The van der Waals surface area contributed by atoms with Crippen molar-refractivity contribution in [2.24, 2.45) is 0 Å². The van der Waals surface area contributed by atoms with E-state index in [0.29, 0.717) is 12.0 Å². The zero-order chi connectivity index (χ0) is 14.7. The minimum Gasteiger partial charge on any atom is -0.489 e. The van der Waals surface area contributed by atoms with Crippen molar-refractivity contribution in [3.8, 4) is 5.75 Å². The summed E-state index contributed by atoms with van der Waals surface area (Å²) >= 11 is 1.97. The van der Waals surface area contributed by atoms with Gasteiger partial charge in [0.1, 0.15) is 12.4 Å². The Morgan fingerprint density at radius 3 is 2.43 bits per heavy atom. The molecule has 0 spiro atoms. The van der Waals surface area contributed by atoms with Crippen LogP contribution in [0, 0.1) is 0 Å². The largest absolute Gasteiger partial charge is 0.489 e. The average Bonchev–Trinajstić information content (AvgIpc) is 2.87. The fourth-order valence-electron chi connectivity index (χ4n) is 2.39. The maximum Gasteiger partial charge on any atom is 0.119 e. The van der Waals surface area contributed by atoms with Crippen molar-refractivity contribution in [3.05, 3.63) is 65.7 Å². The van der Waals surface area contributed by atoms with Gasteiger partial charge < -0.3 is 4.74 Å². The van der Waals surface area contributed by atoms with E-state index in [0.717, 1.165) is 11.5 Å². The molecule has 0 bridgehead atoms. The molecule has 1 aliphatic rings. The fraction of sp³-hybridized carbons (Fsp3) is 0.333. The van der Waals surface area contributed by atoms with Crippen LogP contribution in [0.15, 0.2) is 54.6 Å². The van der Waals surface area contributed by atoms with Gasteiger partial charge in [-0.25, -0.2) is 0 Å². The second-order valence-corrected chi connectivity index (χ2v) is 7.16. The molecule has 3 rings (SSSR count). The van der Waals surface area contributed by atoms with Gasteiger partial charge in [-0.3, -0.25) is 5.32 Å². The molecule has 0 aromatic heterocycles. The zero-order valence-corrected chi connectivity index (χ0v) is 13.3. The van der Waals surface area contributed by atoms with Gasteiger partial charge in [0, 0.05) is 11.3 Å². The molecule has 110 valence electrons. The van der Waals surface area contributed by atoms with Crippen molar-refractivity contribution in [2.75, 3.05) is 5.75 Å². The normalized spacial score (nSPS) is 20.4. The lowest BCUT2D eigenvalue weighted by Gasteiger charge is -2.19. The Morgan fingerprint density at radius 2 is 1.81 bits per heavy atom. The monoisotopic (exact) mass is 299 g/mol. The summed E-state index contributed by atoms with van der Waals surface area (Å²) in [5.41, 5.74) is 2.73. The molecule has 2 aromatic carbocycles. The highest BCUT2D eigenvalue weighted by molar-refractivity contribution is 7.99. The van der Waals surface area contributed by atoms with Gasteiger partial charge in [0.15, 0.2) is 0 Å². The number of hydrogen-bond donors (Lipinski definition) is 1. The fourth-order valence-corrected chi connectivity index (χ4v) is 3.81. The van der Waals surface area contributed by atoms with Crippen LogP contribution in [-0.2, 0) is 6.61 Å². The van der Waals surface area contributed by atoms with Crippen molar-refractivity contribution in [2.45, 2.75) is 31.4 Å². The third-order valence-electron chi connectivity index (χ3n) is 3.56. The van der Waals surface area contributed by atoms with E-state index in [1.165, 1.54) is 11.1 Å². The van der Waals surface area contributed by atoms with E-state index in [1.54, 1.807) is 0 Å². The smallest absolute Gasteiger partial charge is 0.119 e. The van der Waals surface area contributed by atoms with Gasteiger partial charge in [0.05, 0.1) is 5.37 Å². The first-order chi connectivity index (χ1) is 10.1. The Labute approximate surface area is 130 Å². The summed E-state index contributed by atoms with van der Waals surface area (Å²) in [4.78, 5) is 0. The van der Waals surface area contributed by atoms with Crippen molar-refractivity contribution in [1.82, 2.24) is 5.32 Å². The number of nitrogens with one attached hydrogen (secondary N) is 1. The number of rotatable bonds is 4. The van der Waals surface area contributed by atoms with E-state index in [-0.39, 0.29) is 5.54 Å². The molecule has 0 radical (unpaired) electrons.